The molecule has 0 bridgehead atoms. The smallest absolute Gasteiger partial charge is 0.241 e. The van der Waals surface area contributed by atoms with E-state index >= 15 is 0 Å². The highest BCUT2D eigenvalue weighted by atomic mass is 19.2. The van der Waals surface area contributed by atoms with Crippen molar-refractivity contribution in [2.24, 2.45) is 0 Å². The van der Waals surface area contributed by atoms with E-state index in [0.717, 1.165) is 38.3 Å². The third-order valence-corrected chi connectivity index (χ3v) is 3.70. The molecule has 1 aromatic carbocycles. The number of hydrogen-bond donors (Lipinski definition) is 1. The van der Waals surface area contributed by atoms with Gasteiger partial charge in [-0.3, -0.25) is 0 Å². The Balaban J connectivity index is 0.000000267. The van der Waals surface area contributed by atoms with Crippen molar-refractivity contribution in [2.45, 2.75) is 25.8 Å². The summed E-state index contributed by atoms with van der Waals surface area (Å²) in [6, 6.07) is 3.76. The van der Waals surface area contributed by atoms with Gasteiger partial charge in [-0.25, -0.2) is 13.5 Å². The fourth-order valence-electron chi connectivity index (χ4n) is 2.59. The summed E-state index contributed by atoms with van der Waals surface area (Å²) in [6.45, 7) is 3.39. The van der Waals surface area contributed by atoms with E-state index < -0.39 is 11.6 Å². The number of aryl methyl sites for hydroxylation is 1. The molecule has 0 unspecified atom stereocenters. The number of rotatable bonds is 1. The van der Waals surface area contributed by atoms with Gasteiger partial charge in [0.1, 0.15) is 0 Å². The molecule has 0 radical (unpaired) electrons. The fourth-order valence-corrected chi connectivity index (χ4v) is 2.59. The van der Waals surface area contributed by atoms with Gasteiger partial charge in [0.25, 0.3) is 0 Å². The van der Waals surface area contributed by atoms with Crippen LogP contribution >= 0.6 is 0 Å². The summed E-state index contributed by atoms with van der Waals surface area (Å²) in [6.07, 6.45) is 3.40. The molecule has 1 fully saturated rings. The third kappa shape index (κ3) is 3.58. The van der Waals surface area contributed by atoms with Gasteiger partial charge in [0.05, 0.1) is 0 Å². The standard InChI is InChI=1S/C11H11F2N5.C4H8O/c12-8-3-2-7(6-9(8)13)17-4-1-5-18-11(17)15-10(14)16-18;1-2-4-5-3-1/h2-3,6H,1,4-5H2,(H2,14,16);1-4H2. The molecule has 0 atom stereocenters. The molecular formula is C15H19F2N5O. The van der Waals surface area contributed by atoms with E-state index in [0.29, 0.717) is 18.2 Å². The van der Waals surface area contributed by atoms with Gasteiger partial charge in [-0.15, -0.1) is 5.10 Å². The van der Waals surface area contributed by atoms with Crippen molar-refractivity contribution in [3.05, 3.63) is 29.8 Å². The van der Waals surface area contributed by atoms with Crippen LogP contribution in [0.3, 0.4) is 0 Å². The van der Waals surface area contributed by atoms with Crippen molar-refractivity contribution >= 4 is 17.6 Å². The highest BCUT2D eigenvalue weighted by Crippen LogP contribution is 2.28. The normalized spacial score (nSPS) is 16.7. The van der Waals surface area contributed by atoms with Gasteiger partial charge in [-0.05, 0) is 31.4 Å². The number of aromatic nitrogens is 3. The highest BCUT2D eigenvalue weighted by Gasteiger charge is 2.22. The number of nitrogen functional groups attached to an aromatic ring is 1. The van der Waals surface area contributed by atoms with Gasteiger partial charge in [-0.1, -0.05) is 0 Å². The van der Waals surface area contributed by atoms with Crippen LogP contribution in [-0.2, 0) is 11.3 Å². The maximum absolute atomic E-state index is 13.2. The van der Waals surface area contributed by atoms with Gasteiger partial charge < -0.3 is 15.4 Å². The largest absolute Gasteiger partial charge is 0.381 e. The minimum Gasteiger partial charge on any atom is -0.381 e. The van der Waals surface area contributed by atoms with Crippen LogP contribution in [0.5, 0.6) is 0 Å². The van der Waals surface area contributed by atoms with Crippen LogP contribution in [0.4, 0.5) is 26.4 Å². The molecule has 0 spiro atoms. The monoisotopic (exact) mass is 323 g/mol. The van der Waals surface area contributed by atoms with Crippen LogP contribution in [-0.4, -0.2) is 34.5 Å². The van der Waals surface area contributed by atoms with Crippen LogP contribution in [0.1, 0.15) is 19.3 Å². The SMILES string of the molecule is C1CCOC1.Nc1nc2n(n1)CCCN2c1ccc(F)c(F)c1. The summed E-state index contributed by atoms with van der Waals surface area (Å²) in [5.41, 5.74) is 6.09. The molecule has 1 saturated heterocycles. The van der Waals surface area contributed by atoms with Gasteiger partial charge in [0.2, 0.25) is 11.9 Å². The Morgan fingerprint density at radius 2 is 1.83 bits per heavy atom. The summed E-state index contributed by atoms with van der Waals surface area (Å²) in [7, 11) is 0. The first-order valence-electron chi connectivity index (χ1n) is 7.66. The van der Waals surface area contributed by atoms with Gasteiger partial charge >= 0.3 is 0 Å². The summed E-state index contributed by atoms with van der Waals surface area (Å²) < 4.78 is 32.8. The quantitative estimate of drug-likeness (QED) is 0.873. The van der Waals surface area contributed by atoms with E-state index in [9.17, 15) is 8.78 Å². The van der Waals surface area contributed by atoms with Gasteiger partial charge in [0, 0.05) is 38.1 Å². The number of halogens is 2. The van der Waals surface area contributed by atoms with E-state index in [-0.39, 0.29) is 5.95 Å². The first-order chi connectivity index (χ1) is 11.1. The van der Waals surface area contributed by atoms with Crippen molar-refractivity contribution in [1.82, 2.24) is 14.8 Å². The predicted molar refractivity (Wildman–Crippen MR) is 82.5 cm³/mol. The second-order valence-electron chi connectivity index (χ2n) is 5.42. The predicted octanol–water partition coefficient (Wildman–Crippen LogP) is 2.48. The first-order valence-corrected chi connectivity index (χ1v) is 7.66. The molecule has 23 heavy (non-hydrogen) atoms. The number of nitrogens with two attached hydrogens (primary N) is 1. The van der Waals surface area contributed by atoms with Crippen LogP contribution in [0.2, 0.25) is 0 Å². The molecule has 2 N–H and O–H groups in total. The summed E-state index contributed by atoms with van der Waals surface area (Å²) in [5.74, 6) is -1.00. The second kappa shape index (κ2) is 6.91. The van der Waals surface area contributed by atoms with Crippen molar-refractivity contribution in [3.63, 3.8) is 0 Å². The van der Waals surface area contributed by atoms with E-state index in [4.69, 9.17) is 10.5 Å². The van der Waals surface area contributed by atoms with Gasteiger partial charge in [0.15, 0.2) is 11.6 Å². The molecule has 124 valence electrons. The molecule has 0 aliphatic carbocycles. The number of nitrogens with zero attached hydrogens (tertiary/aromatic N) is 4. The van der Waals surface area contributed by atoms with Gasteiger partial charge in [-0.2, -0.15) is 4.98 Å². The molecule has 4 rings (SSSR count). The van der Waals surface area contributed by atoms with E-state index in [1.165, 1.54) is 18.9 Å². The average molecular weight is 323 g/mol. The lowest BCUT2D eigenvalue weighted by molar-refractivity contribution is 0.198. The van der Waals surface area contributed by atoms with Crippen LogP contribution in [0, 0.1) is 11.6 Å². The molecular weight excluding hydrogens is 304 g/mol. The molecule has 2 aliphatic rings. The van der Waals surface area contributed by atoms with Crippen molar-refractivity contribution in [1.29, 1.82) is 0 Å². The molecule has 1 aromatic heterocycles. The Hall–Kier alpha value is -2.22. The van der Waals surface area contributed by atoms with Crippen LogP contribution < -0.4 is 10.6 Å². The Kier molecular flexibility index (Phi) is 4.71. The minimum absolute atomic E-state index is 0.180. The average Bonchev–Trinajstić information content (AvgIpc) is 3.21. The maximum Gasteiger partial charge on any atom is 0.241 e. The number of anilines is 3. The Bertz CT molecular complexity index is 664. The minimum atomic E-state index is -0.878. The Labute approximate surface area is 132 Å². The molecule has 8 heteroatoms. The zero-order valence-corrected chi connectivity index (χ0v) is 12.7. The zero-order chi connectivity index (χ0) is 16.2. The Morgan fingerprint density at radius 3 is 2.48 bits per heavy atom. The van der Waals surface area contributed by atoms with Crippen LogP contribution in [0.15, 0.2) is 18.2 Å². The van der Waals surface area contributed by atoms with E-state index in [1.807, 2.05) is 0 Å². The number of hydrogen-bond acceptors (Lipinski definition) is 5. The highest BCUT2D eigenvalue weighted by molar-refractivity contribution is 5.58. The van der Waals surface area contributed by atoms with Crippen LogP contribution in [0.25, 0.3) is 0 Å². The summed E-state index contributed by atoms with van der Waals surface area (Å²) in [4.78, 5) is 5.87. The van der Waals surface area contributed by atoms with Crippen molar-refractivity contribution in [2.75, 3.05) is 30.4 Å². The fraction of sp³-hybridized carbons (Fsp3) is 0.467. The van der Waals surface area contributed by atoms with Crippen molar-refractivity contribution in [3.8, 4) is 0 Å². The molecule has 3 heterocycles. The number of benzene rings is 1. The zero-order valence-electron chi connectivity index (χ0n) is 12.7. The molecule has 2 aliphatic heterocycles. The topological polar surface area (TPSA) is 69.2 Å². The molecule has 2 aromatic rings. The second-order valence-corrected chi connectivity index (χ2v) is 5.42. The third-order valence-electron chi connectivity index (χ3n) is 3.70. The number of ether oxygens (including phenoxy) is 1. The molecule has 6 nitrogen and oxygen atoms in total. The van der Waals surface area contributed by atoms with E-state index in [2.05, 4.69) is 10.1 Å². The van der Waals surface area contributed by atoms with E-state index in [1.54, 1.807) is 9.58 Å². The lowest BCUT2D eigenvalue weighted by atomic mass is 10.2. The Morgan fingerprint density at radius 1 is 1.04 bits per heavy atom. The molecule has 0 amide bonds. The maximum atomic E-state index is 13.2. The number of fused-ring (bicyclic) bond motifs is 1. The van der Waals surface area contributed by atoms with Crippen molar-refractivity contribution < 1.29 is 13.5 Å². The lowest BCUT2D eigenvalue weighted by Crippen LogP contribution is -2.28. The first kappa shape index (κ1) is 15.7. The molecule has 0 saturated carbocycles. The lowest BCUT2D eigenvalue weighted by Gasteiger charge is -2.27. The summed E-state index contributed by atoms with van der Waals surface area (Å²) in [5, 5.41) is 4.04. The summed E-state index contributed by atoms with van der Waals surface area (Å²) >= 11 is 0.